The number of alkyl halides is 3. The van der Waals surface area contributed by atoms with Crippen molar-refractivity contribution in [3.8, 4) is 11.4 Å². The van der Waals surface area contributed by atoms with Gasteiger partial charge in [-0.3, -0.25) is 0 Å². The average Bonchev–Trinajstić information content (AvgIpc) is 2.90. The van der Waals surface area contributed by atoms with E-state index in [-0.39, 0.29) is 0 Å². The number of aromatic nitrogens is 4. The van der Waals surface area contributed by atoms with Gasteiger partial charge in [0.1, 0.15) is 0 Å². The molecule has 0 amide bonds. The zero-order chi connectivity index (χ0) is 15.9. The van der Waals surface area contributed by atoms with Crippen LogP contribution in [0.1, 0.15) is 5.56 Å². The topological polar surface area (TPSA) is 46.3 Å². The Morgan fingerprint density at radius 3 is 2.59 bits per heavy atom. The summed E-state index contributed by atoms with van der Waals surface area (Å²) in [5, 5.41) is 4.27. The lowest BCUT2D eigenvalue weighted by Crippen LogP contribution is -2.10. The van der Waals surface area contributed by atoms with E-state index in [1.807, 2.05) is 0 Å². The second-order valence-corrected chi connectivity index (χ2v) is 4.92. The monoisotopic (exact) mass is 307 g/mol. The van der Waals surface area contributed by atoms with Crippen LogP contribution in [0.3, 0.4) is 0 Å². The van der Waals surface area contributed by atoms with Gasteiger partial charge in [-0.15, -0.1) is 5.10 Å². The standard InChI is InChI=1S/C14H12F3N5/c1-21(2)13-19-11-6-7-18-12(22(11)20-13)9-4-3-5-10(8-9)14(15,16)17/h3-8H,1-2H3. The molecule has 0 saturated carbocycles. The lowest BCUT2D eigenvalue weighted by Gasteiger charge is -2.09. The third kappa shape index (κ3) is 2.47. The maximum atomic E-state index is 12.8. The molecule has 3 aromatic rings. The van der Waals surface area contributed by atoms with E-state index in [1.165, 1.54) is 16.8 Å². The summed E-state index contributed by atoms with van der Waals surface area (Å²) < 4.78 is 40.0. The predicted octanol–water partition coefficient (Wildman–Crippen LogP) is 2.88. The van der Waals surface area contributed by atoms with E-state index in [2.05, 4.69) is 15.1 Å². The summed E-state index contributed by atoms with van der Waals surface area (Å²) in [4.78, 5) is 10.1. The lowest BCUT2D eigenvalue weighted by atomic mass is 10.1. The number of fused-ring (bicyclic) bond motifs is 1. The van der Waals surface area contributed by atoms with Crippen molar-refractivity contribution in [1.29, 1.82) is 0 Å². The summed E-state index contributed by atoms with van der Waals surface area (Å²) in [5.74, 6) is 0.769. The van der Waals surface area contributed by atoms with Gasteiger partial charge in [0.05, 0.1) is 5.56 Å². The Labute approximate surface area is 124 Å². The van der Waals surface area contributed by atoms with E-state index >= 15 is 0 Å². The zero-order valence-electron chi connectivity index (χ0n) is 11.8. The van der Waals surface area contributed by atoms with E-state index in [9.17, 15) is 13.2 Å². The quantitative estimate of drug-likeness (QED) is 0.730. The molecule has 5 nitrogen and oxygen atoms in total. The summed E-state index contributed by atoms with van der Waals surface area (Å²) in [6, 6.07) is 6.64. The van der Waals surface area contributed by atoms with Gasteiger partial charge in [0.25, 0.3) is 0 Å². The summed E-state index contributed by atoms with van der Waals surface area (Å²) in [7, 11) is 3.57. The number of rotatable bonds is 2. The van der Waals surface area contributed by atoms with Crippen LogP contribution < -0.4 is 4.90 Å². The summed E-state index contributed by atoms with van der Waals surface area (Å²) in [6.45, 7) is 0. The molecule has 22 heavy (non-hydrogen) atoms. The van der Waals surface area contributed by atoms with Crippen LogP contribution in [0.4, 0.5) is 19.1 Å². The average molecular weight is 307 g/mol. The molecule has 0 spiro atoms. The van der Waals surface area contributed by atoms with Crippen LogP contribution in [0.2, 0.25) is 0 Å². The van der Waals surface area contributed by atoms with Gasteiger partial charge in [0, 0.05) is 31.9 Å². The molecule has 0 N–H and O–H groups in total. The maximum absolute atomic E-state index is 12.8. The Balaban J connectivity index is 2.18. The molecular weight excluding hydrogens is 295 g/mol. The SMILES string of the molecule is CN(C)c1nc2ccnc(-c3cccc(C(F)(F)F)c3)n2n1. The molecule has 0 saturated heterocycles. The summed E-state index contributed by atoms with van der Waals surface area (Å²) in [5.41, 5.74) is 0.124. The second-order valence-electron chi connectivity index (χ2n) is 4.92. The Kier molecular flexibility index (Phi) is 3.23. The molecule has 0 radical (unpaired) electrons. The van der Waals surface area contributed by atoms with Crippen molar-refractivity contribution in [2.75, 3.05) is 19.0 Å². The molecule has 0 aliphatic rings. The molecule has 2 aromatic heterocycles. The fourth-order valence-electron chi connectivity index (χ4n) is 2.03. The first kappa shape index (κ1) is 14.3. The van der Waals surface area contributed by atoms with Gasteiger partial charge < -0.3 is 4.90 Å². The molecule has 8 heteroatoms. The molecule has 0 atom stereocenters. The third-order valence-electron chi connectivity index (χ3n) is 3.09. The number of hydrogen-bond donors (Lipinski definition) is 0. The van der Waals surface area contributed by atoms with Crippen LogP contribution >= 0.6 is 0 Å². The fourth-order valence-corrected chi connectivity index (χ4v) is 2.03. The second kappa shape index (κ2) is 4.97. The van der Waals surface area contributed by atoms with Gasteiger partial charge in [0.2, 0.25) is 5.95 Å². The lowest BCUT2D eigenvalue weighted by molar-refractivity contribution is -0.137. The highest BCUT2D eigenvalue weighted by atomic mass is 19.4. The molecule has 3 rings (SSSR count). The number of benzene rings is 1. The highest BCUT2D eigenvalue weighted by Crippen LogP contribution is 2.31. The van der Waals surface area contributed by atoms with Gasteiger partial charge in [0.15, 0.2) is 11.5 Å². The van der Waals surface area contributed by atoms with E-state index in [1.54, 1.807) is 31.1 Å². The van der Waals surface area contributed by atoms with E-state index in [0.717, 1.165) is 12.1 Å². The highest BCUT2D eigenvalue weighted by Gasteiger charge is 2.30. The molecule has 0 bridgehead atoms. The summed E-state index contributed by atoms with van der Waals surface area (Å²) >= 11 is 0. The maximum Gasteiger partial charge on any atom is 0.416 e. The van der Waals surface area contributed by atoms with Gasteiger partial charge in [-0.05, 0) is 12.1 Å². The largest absolute Gasteiger partial charge is 0.416 e. The van der Waals surface area contributed by atoms with Crippen molar-refractivity contribution in [2.45, 2.75) is 6.18 Å². The zero-order valence-corrected chi connectivity index (χ0v) is 11.8. The third-order valence-corrected chi connectivity index (χ3v) is 3.09. The number of nitrogens with zero attached hydrogens (tertiary/aromatic N) is 5. The highest BCUT2D eigenvalue weighted by molar-refractivity contribution is 5.60. The van der Waals surface area contributed by atoms with Gasteiger partial charge in [-0.2, -0.15) is 22.7 Å². The molecule has 0 aliphatic carbocycles. The molecule has 1 aromatic carbocycles. The van der Waals surface area contributed by atoms with E-state index < -0.39 is 11.7 Å². The molecule has 114 valence electrons. The normalized spacial score (nSPS) is 11.9. The molecule has 0 fully saturated rings. The van der Waals surface area contributed by atoms with Gasteiger partial charge in [-0.1, -0.05) is 12.1 Å². The van der Waals surface area contributed by atoms with Crippen LogP contribution in [0.15, 0.2) is 36.5 Å². The number of hydrogen-bond acceptors (Lipinski definition) is 4. The fraction of sp³-hybridized carbons (Fsp3) is 0.214. The Hall–Kier alpha value is -2.64. The van der Waals surface area contributed by atoms with E-state index in [4.69, 9.17) is 0 Å². The number of anilines is 1. The van der Waals surface area contributed by atoms with Crippen molar-refractivity contribution >= 4 is 11.6 Å². The van der Waals surface area contributed by atoms with Crippen molar-refractivity contribution in [3.05, 3.63) is 42.1 Å². The first-order valence-electron chi connectivity index (χ1n) is 6.43. The Morgan fingerprint density at radius 2 is 1.91 bits per heavy atom. The molecule has 2 heterocycles. The number of halogens is 3. The Bertz CT molecular complexity index is 823. The van der Waals surface area contributed by atoms with Gasteiger partial charge >= 0.3 is 6.18 Å². The van der Waals surface area contributed by atoms with Crippen molar-refractivity contribution in [1.82, 2.24) is 19.6 Å². The smallest absolute Gasteiger partial charge is 0.346 e. The summed E-state index contributed by atoms with van der Waals surface area (Å²) in [6.07, 6.45) is -2.90. The minimum atomic E-state index is -4.40. The molecule has 0 aliphatic heterocycles. The minimum Gasteiger partial charge on any atom is -0.346 e. The van der Waals surface area contributed by atoms with Crippen LogP contribution in [-0.2, 0) is 6.18 Å². The van der Waals surface area contributed by atoms with Crippen LogP contribution in [0.5, 0.6) is 0 Å². The Morgan fingerprint density at radius 1 is 1.14 bits per heavy atom. The predicted molar refractivity (Wildman–Crippen MR) is 75.5 cm³/mol. The first-order valence-corrected chi connectivity index (χ1v) is 6.43. The van der Waals surface area contributed by atoms with Crippen LogP contribution in [-0.4, -0.2) is 33.7 Å². The molecular formula is C14H12F3N5. The van der Waals surface area contributed by atoms with Crippen LogP contribution in [0.25, 0.3) is 17.0 Å². The minimum absolute atomic E-state index is 0.309. The van der Waals surface area contributed by atoms with Gasteiger partial charge in [-0.25, -0.2) is 4.98 Å². The van der Waals surface area contributed by atoms with Crippen LogP contribution in [0, 0.1) is 0 Å². The van der Waals surface area contributed by atoms with Crippen molar-refractivity contribution in [2.24, 2.45) is 0 Å². The van der Waals surface area contributed by atoms with Crippen molar-refractivity contribution < 1.29 is 13.2 Å². The molecule has 0 unspecified atom stereocenters. The van der Waals surface area contributed by atoms with E-state index in [0.29, 0.717) is 23.0 Å². The van der Waals surface area contributed by atoms with Crippen molar-refractivity contribution in [3.63, 3.8) is 0 Å². The first-order chi connectivity index (χ1) is 10.4.